The molecule has 0 saturated carbocycles. The van der Waals surface area contributed by atoms with Gasteiger partial charge in [-0.25, -0.2) is 24.4 Å². The van der Waals surface area contributed by atoms with Crippen LogP contribution in [0.5, 0.6) is 5.75 Å². The number of methoxy groups -OCH3 is 1. The maximum atomic E-state index is 13.5. The van der Waals surface area contributed by atoms with Crippen molar-refractivity contribution in [1.82, 2.24) is 34.9 Å². The lowest BCUT2D eigenvalue weighted by Gasteiger charge is -2.15. The third-order valence-electron chi connectivity index (χ3n) is 9.77. The van der Waals surface area contributed by atoms with E-state index in [0.717, 1.165) is 59.3 Å². The smallest absolute Gasteiger partial charge is 0.324 e. The number of hydrogen-bond donors (Lipinski definition) is 4. The zero-order valence-electron chi connectivity index (χ0n) is 32.9. The fourth-order valence-electron chi connectivity index (χ4n) is 6.54. The maximum Gasteiger partial charge on any atom is 0.324 e. The second-order valence-electron chi connectivity index (χ2n) is 15.1. The van der Waals surface area contributed by atoms with Crippen LogP contribution in [0.15, 0.2) is 97.5 Å². The van der Waals surface area contributed by atoms with Gasteiger partial charge in [-0.05, 0) is 55.3 Å². The molecule has 7 rings (SSSR count). The Hall–Kier alpha value is -6.38. The fraction of sp³-hybridized carbons (Fsp3) is 0.302. The summed E-state index contributed by atoms with van der Waals surface area (Å²) in [6, 6.07) is 24.7. The van der Waals surface area contributed by atoms with Crippen molar-refractivity contribution in [1.29, 1.82) is 0 Å². The number of fused-ring (bicyclic) bond motifs is 1. The number of aryl methyl sites for hydroxylation is 1. The van der Waals surface area contributed by atoms with Crippen LogP contribution in [-0.2, 0) is 16.8 Å². The van der Waals surface area contributed by atoms with E-state index in [1.165, 1.54) is 12.4 Å². The van der Waals surface area contributed by atoms with Crippen LogP contribution in [0.25, 0.3) is 16.5 Å². The van der Waals surface area contributed by atoms with Crippen LogP contribution < -0.4 is 26.0 Å². The Morgan fingerprint density at radius 2 is 1.70 bits per heavy atom. The summed E-state index contributed by atoms with van der Waals surface area (Å²) in [5, 5.41) is 18.6. The molecule has 3 amide bonds. The number of hydrogen-bond acceptors (Lipinski definition) is 10. The molecule has 0 aliphatic carbocycles. The molecule has 3 aromatic heterocycles. The molecule has 0 spiro atoms. The Morgan fingerprint density at radius 1 is 0.895 bits per heavy atom. The SMILES string of the molecule is CO[C@@H]1CCN(CCNC(=O)c2cnc(Nc3cc(COc4ccc(NC(=O)Nc5cc(C(C)(C)C)nn5-c5ccc(C)cc5)c5ccccc45)ccn3)cn2)C1. The van der Waals surface area contributed by atoms with E-state index in [2.05, 4.69) is 61.9 Å². The largest absolute Gasteiger partial charge is 0.488 e. The number of pyridine rings is 1. The first kappa shape index (κ1) is 38.9. The average molecular weight is 769 g/mol. The molecule has 4 N–H and O–H groups in total. The van der Waals surface area contributed by atoms with Crippen molar-refractivity contribution in [2.45, 2.75) is 52.2 Å². The van der Waals surface area contributed by atoms with Crippen molar-refractivity contribution in [2.24, 2.45) is 0 Å². The van der Waals surface area contributed by atoms with Gasteiger partial charge in [0.1, 0.15) is 35.5 Å². The Morgan fingerprint density at radius 3 is 2.44 bits per heavy atom. The lowest BCUT2D eigenvalue weighted by molar-refractivity contribution is 0.0938. The van der Waals surface area contributed by atoms with E-state index in [1.807, 2.05) is 85.8 Å². The van der Waals surface area contributed by atoms with Gasteiger partial charge in [-0.2, -0.15) is 5.10 Å². The van der Waals surface area contributed by atoms with Gasteiger partial charge in [-0.1, -0.05) is 62.7 Å². The predicted octanol–water partition coefficient (Wildman–Crippen LogP) is 7.23. The van der Waals surface area contributed by atoms with Crippen LogP contribution >= 0.6 is 0 Å². The highest BCUT2D eigenvalue weighted by Crippen LogP contribution is 2.33. The molecule has 0 radical (unpaired) electrons. The van der Waals surface area contributed by atoms with Crippen LogP contribution in [0, 0.1) is 6.92 Å². The quantitative estimate of drug-likeness (QED) is 0.0944. The molecular formula is C43H48N10O4. The third-order valence-corrected chi connectivity index (χ3v) is 9.77. The number of ether oxygens (including phenoxy) is 2. The number of carbonyl (C=O) groups is 2. The van der Waals surface area contributed by atoms with E-state index in [0.29, 0.717) is 35.4 Å². The highest BCUT2D eigenvalue weighted by Gasteiger charge is 2.23. The predicted molar refractivity (Wildman–Crippen MR) is 222 cm³/mol. The molecule has 14 heteroatoms. The molecule has 4 heterocycles. The Balaban J connectivity index is 0.964. The Labute approximate surface area is 332 Å². The van der Waals surface area contributed by atoms with E-state index in [9.17, 15) is 9.59 Å². The molecule has 1 aliphatic heterocycles. The summed E-state index contributed by atoms with van der Waals surface area (Å²) in [6.45, 7) is 11.7. The second-order valence-corrected chi connectivity index (χ2v) is 15.1. The summed E-state index contributed by atoms with van der Waals surface area (Å²) in [5.41, 5.74) is 4.38. The van der Waals surface area contributed by atoms with Crippen LogP contribution in [0.2, 0.25) is 0 Å². The molecular weight excluding hydrogens is 721 g/mol. The second kappa shape index (κ2) is 17.2. The summed E-state index contributed by atoms with van der Waals surface area (Å²) in [5.74, 6) is 1.96. The first-order valence-electron chi connectivity index (χ1n) is 19.0. The van der Waals surface area contributed by atoms with E-state index < -0.39 is 6.03 Å². The van der Waals surface area contributed by atoms with Crippen LogP contribution in [0.3, 0.4) is 0 Å². The molecule has 1 fully saturated rings. The lowest BCUT2D eigenvalue weighted by Crippen LogP contribution is -2.34. The molecule has 0 bridgehead atoms. The number of carbonyl (C=O) groups excluding carboxylic acids is 2. The molecule has 1 atom stereocenters. The molecule has 6 aromatic rings. The Bertz CT molecular complexity index is 2340. The minimum absolute atomic E-state index is 0.215. The number of nitrogens with one attached hydrogen (secondary N) is 4. The first-order valence-corrected chi connectivity index (χ1v) is 19.0. The summed E-state index contributed by atoms with van der Waals surface area (Å²) in [6.07, 6.45) is 5.90. The van der Waals surface area contributed by atoms with E-state index in [-0.39, 0.29) is 29.7 Å². The zero-order chi connectivity index (χ0) is 39.9. The van der Waals surface area contributed by atoms with Crippen LogP contribution in [0.1, 0.15) is 54.5 Å². The van der Waals surface area contributed by atoms with Crippen molar-refractivity contribution < 1.29 is 19.1 Å². The van der Waals surface area contributed by atoms with Gasteiger partial charge in [0.15, 0.2) is 0 Å². The topological polar surface area (TPSA) is 160 Å². The average Bonchev–Trinajstić information content (AvgIpc) is 3.86. The van der Waals surface area contributed by atoms with Crippen molar-refractivity contribution >= 4 is 45.9 Å². The van der Waals surface area contributed by atoms with Gasteiger partial charge in [0, 0.05) is 61.7 Å². The number of benzene rings is 3. The van der Waals surface area contributed by atoms with Gasteiger partial charge in [-0.15, -0.1) is 0 Å². The normalized spacial score (nSPS) is 14.4. The minimum atomic E-state index is -0.392. The number of amides is 3. The van der Waals surface area contributed by atoms with Crippen molar-refractivity contribution in [2.75, 3.05) is 49.2 Å². The Kier molecular flexibility index (Phi) is 11.7. The highest BCUT2D eigenvalue weighted by molar-refractivity contribution is 6.07. The van der Waals surface area contributed by atoms with Crippen molar-refractivity contribution in [3.8, 4) is 11.4 Å². The first-order chi connectivity index (χ1) is 27.5. The maximum absolute atomic E-state index is 13.5. The third kappa shape index (κ3) is 9.72. The lowest BCUT2D eigenvalue weighted by atomic mass is 9.92. The van der Waals surface area contributed by atoms with E-state index in [1.54, 1.807) is 18.0 Å². The molecule has 14 nitrogen and oxygen atoms in total. The van der Waals surface area contributed by atoms with E-state index >= 15 is 0 Å². The van der Waals surface area contributed by atoms with Gasteiger partial charge in [0.2, 0.25) is 0 Å². The number of aromatic nitrogens is 5. The van der Waals surface area contributed by atoms with E-state index in [4.69, 9.17) is 14.6 Å². The van der Waals surface area contributed by atoms with Gasteiger partial charge in [0.25, 0.3) is 5.91 Å². The number of urea groups is 1. The summed E-state index contributed by atoms with van der Waals surface area (Å²) >= 11 is 0. The summed E-state index contributed by atoms with van der Waals surface area (Å²) in [7, 11) is 1.73. The molecule has 3 aromatic carbocycles. The summed E-state index contributed by atoms with van der Waals surface area (Å²) in [4.78, 5) is 41.5. The number of nitrogens with zero attached hydrogens (tertiary/aromatic N) is 6. The minimum Gasteiger partial charge on any atom is -0.488 e. The van der Waals surface area contributed by atoms with Crippen LogP contribution in [0.4, 0.5) is 27.9 Å². The van der Waals surface area contributed by atoms with Gasteiger partial charge >= 0.3 is 6.03 Å². The molecule has 1 aliphatic rings. The van der Waals surface area contributed by atoms with Gasteiger partial charge in [0.05, 0.1) is 35.6 Å². The monoisotopic (exact) mass is 768 g/mol. The zero-order valence-corrected chi connectivity index (χ0v) is 32.9. The van der Waals surface area contributed by atoms with Crippen LogP contribution in [-0.4, -0.2) is 81.0 Å². The molecule has 57 heavy (non-hydrogen) atoms. The standard InChI is InChI=1S/C43H48N10O4/c1-28-10-12-30(13-11-28)53-40(23-37(51-53)43(2,3)4)50-42(55)48-34-14-15-36(33-9-7-6-8-32(33)34)57-27-29-16-18-44-38(22-29)49-39-25-46-35(24-47-39)41(54)45-19-21-52-20-17-31(26-52)56-5/h6-16,18,22-25,31H,17,19-21,26-27H2,1-5H3,(H,45,54)(H,44,47,49)(H2,48,50,55)/t31-/m1/s1. The highest BCUT2D eigenvalue weighted by atomic mass is 16.5. The number of rotatable bonds is 13. The molecule has 0 unspecified atom stereocenters. The number of anilines is 4. The van der Waals surface area contributed by atoms with Gasteiger partial charge < -0.3 is 25.4 Å². The number of likely N-dealkylation sites (tertiary alicyclic amines) is 1. The van der Waals surface area contributed by atoms with Crippen molar-refractivity contribution in [3.63, 3.8) is 0 Å². The summed E-state index contributed by atoms with van der Waals surface area (Å²) < 4.78 is 13.5. The fourth-order valence-corrected chi connectivity index (χ4v) is 6.54. The molecule has 294 valence electrons. The van der Waals surface area contributed by atoms with Crippen molar-refractivity contribution in [3.05, 3.63) is 120 Å². The van der Waals surface area contributed by atoms with Gasteiger partial charge in [-0.3, -0.25) is 15.0 Å². The molecule has 1 saturated heterocycles.